The van der Waals surface area contributed by atoms with Gasteiger partial charge in [-0.15, -0.1) is 0 Å². The highest BCUT2D eigenvalue weighted by molar-refractivity contribution is 6.30. The predicted octanol–water partition coefficient (Wildman–Crippen LogP) is 1.86. The maximum atomic E-state index is 12.7. The van der Waals surface area contributed by atoms with Gasteiger partial charge in [0, 0.05) is 25.2 Å². The fourth-order valence-corrected chi connectivity index (χ4v) is 3.22. The number of amides is 2. The summed E-state index contributed by atoms with van der Waals surface area (Å²) in [5.41, 5.74) is 0.859. The highest BCUT2D eigenvalue weighted by Gasteiger charge is 2.42. The number of halogens is 1. The topological polar surface area (TPSA) is 49.9 Å². The number of hydrogen-bond donors (Lipinski definition) is 0. The molecule has 0 radical (unpaired) electrons. The molecule has 2 aliphatic heterocycles. The molecule has 0 N–H and O–H groups in total. The summed E-state index contributed by atoms with van der Waals surface area (Å²) < 4.78 is 5.62. The summed E-state index contributed by atoms with van der Waals surface area (Å²) >= 11 is 5.93. The lowest BCUT2D eigenvalue weighted by molar-refractivity contribution is -0.166. The van der Waals surface area contributed by atoms with Crippen molar-refractivity contribution in [2.75, 3.05) is 26.7 Å². The number of benzene rings is 1. The highest BCUT2D eigenvalue weighted by Crippen LogP contribution is 2.31. The molecule has 2 atom stereocenters. The van der Waals surface area contributed by atoms with E-state index in [0.29, 0.717) is 5.02 Å². The molecule has 2 heterocycles. The van der Waals surface area contributed by atoms with Crippen LogP contribution < -0.4 is 0 Å². The standard InChI is InChI=1S/C16H19ClN2O3/c1-18-13(20)10-22-15(16(21)19-8-2-3-9-19)14(18)11-4-6-12(17)7-5-11/h4-7,14-15H,2-3,8-10H2,1H3. The van der Waals surface area contributed by atoms with Gasteiger partial charge < -0.3 is 14.5 Å². The van der Waals surface area contributed by atoms with Crippen LogP contribution in [-0.4, -0.2) is 54.5 Å². The van der Waals surface area contributed by atoms with E-state index in [9.17, 15) is 9.59 Å². The van der Waals surface area contributed by atoms with Crippen molar-refractivity contribution < 1.29 is 14.3 Å². The van der Waals surface area contributed by atoms with Gasteiger partial charge in [-0.05, 0) is 30.5 Å². The van der Waals surface area contributed by atoms with Crippen LogP contribution in [0.1, 0.15) is 24.4 Å². The number of likely N-dealkylation sites (N-methyl/N-ethyl adjacent to an activating group) is 1. The van der Waals surface area contributed by atoms with E-state index in [1.165, 1.54) is 0 Å². The molecule has 0 aromatic heterocycles. The third-order valence-electron chi connectivity index (χ3n) is 4.36. The van der Waals surface area contributed by atoms with Gasteiger partial charge in [-0.25, -0.2) is 0 Å². The van der Waals surface area contributed by atoms with E-state index in [2.05, 4.69) is 0 Å². The Morgan fingerprint density at radius 1 is 1.23 bits per heavy atom. The van der Waals surface area contributed by atoms with Crippen LogP contribution in [0.5, 0.6) is 0 Å². The second kappa shape index (κ2) is 6.26. The summed E-state index contributed by atoms with van der Waals surface area (Å²) in [4.78, 5) is 28.2. The number of hydrogen-bond acceptors (Lipinski definition) is 3. The average molecular weight is 323 g/mol. The van der Waals surface area contributed by atoms with Gasteiger partial charge in [-0.1, -0.05) is 23.7 Å². The first-order valence-electron chi connectivity index (χ1n) is 7.49. The zero-order chi connectivity index (χ0) is 15.7. The van der Waals surface area contributed by atoms with Gasteiger partial charge in [-0.3, -0.25) is 9.59 Å². The van der Waals surface area contributed by atoms with E-state index < -0.39 is 12.1 Å². The largest absolute Gasteiger partial charge is 0.356 e. The van der Waals surface area contributed by atoms with Crippen molar-refractivity contribution >= 4 is 23.4 Å². The normalized spacial score (nSPS) is 25.6. The Labute approximate surface area is 134 Å². The maximum absolute atomic E-state index is 12.7. The van der Waals surface area contributed by atoms with E-state index in [4.69, 9.17) is 16.3 Å². The van der Waals surface area contributed by atoms with Crippen LogP contribution in [0, 0.1) is 0 Å². The minimum atomic E-state index is -0.651. The number of ether oxygens (including phenoxy) is 1. The first-order valence-corrected chi connectivity index (χ1v) is 7.87. The fourth-order valence-electron chi connectivity index (χ4n) is 3.09. The second-order valence-corrected chi connectivity index (χ2v) is 6.20. The lowest BCUT2D eigenvalue weighted by Gasteiger charge is -2.39. The molecule has 6 heteroatoms. The molecule has 0 spiro atoms. The van der Waals surface area contributed by atoms with Crippen LogP contribution in [0.4, 0.5) is 0 Å². The predicted molar refractivity (Wildman–Crippen MR) is 82.5 cm³/mol. The van der Waals surface area contributed by atoms with E-state index in [0.717, 1.165) is 31.5 Å². The molecule has 0 saturated carbocycles. The lowest BCUT2D eigenvalue weighted by Crippen LogP contribution is -2.53. The molecule has 1 aromatic carbocycles. The number of morpholine rings is 1. The number of rotatable bonds is 2. The van der Waals surface area contributed by atoms with Crippen LogP contribution >= 0.6 is 11.6 Å². The lowest BCUT2D eigenvalue weighted by atomic mass is 9.97. The Hall–Kier alpha value is -1.59. The Morgan fingerprint density at radius 3 is 2.50 bits per heavy atom. The number of carbonyl (C=O) groups is 2. The first kappa shape index (κ1) is 15.3. The van der Waals surface area contributed by atoms with Gasteiger partial charge in [-0.2, -0.15) is 0 Å². The van der Waals surface area contributed by atoms with Gasteiger partial charge >= 0.3 is 0 Å². The van der Waals surface area contributed by atoms with Crippen molar-refractivity contribution in [3.8, 4) is 0 Å². The number of likely N-dealkylation sites (tertiary alicyclic amines) is 1. The molecule has 2 amide bonds. The third-order valence-corrected chi connectivity index (χ3v) is 4.61. The van der Waals surface area contributed by atoms with Crippen LogP contribution in [0.3, 0.4) is 0 Å². The summed E-state index contributed by atoms with van der Waals surface area (Å²) in [6, 6.07) is 6.81. The molecule has 5 nitrogen and oxygen atoms in total. The van der Waals surface area contributed by atoms with Gasteiger partial charge in [0.25, 0.3) is 5.91 Å². The van der Waals surface area contributed by atoms with Crippen molar-refractivity contribution in [3.05, 3.63) is 34.9 Å². The minimum Gasteiger partial charge on any atom is -0.356 e. The van der Waals surface area contributed by atoms with Crippen LogP contribution in [0.2, 0.25) is 5.02 Å². The quantitative estimate of drug-likeness (QED) is 0.835. The molecular weight excluding hydrogens is 304 g/mol. The molecular formula is C16H19ClN2O3. The second-order valence-electron chi connectivity index (χ2n) is 5.77. The molecule has 118 valence electrons. The molecule has 1 aromatic rings. The molecule has 2 fully saturated rings. The van der Waals surface area contributed by atoms with Crippen molar-refractivity contribution in [1.82, 2.24) is 9.80 Å². The molecule has 3 rings (SSSR count). The first-order chi connectivity index (χ1) is 10.6. The summed E-state index contributed by atoms with van der Waals surface area (Å²) in [6.07, 6.45) is 1.40. The Kier molecular flexibility index (Phi) is 4.36. The molecule has 0 bridgehead atoms. The molecule has 2 saturated heterocycles. The van der Waals surface area contributed by atoms with E-state index in [1.54, 1.807) is 24.1 Å². The van der Waals surface area contributed by atoms with E-state index in [-0.39, 0.29) is 18.4 Å². The van der Waals surface area contributed by atoms with Crippen LogP contribution in [-0.2, 0) is 14.3 Å². The summed E-state index contributed by atoms with van der Waals surface area (Å²) in [6.45, 7) is 1.48. The zero-order valence-electron chi connectivity index (χ0n) is 12.5. The Morgan fingerprint density at radius 2 is 1.86 bits per heavy atom. The Balaban J connectivity index is 1.90. The molecule has 22 heavy (non-hydrogen) atoms. The average Bonchev–Trinajstić information content (AvgIpc) is 3.05. The number of nitrogens with zero attached hydrogens (tertiary/aromatic N) is 2. The summed E-state index contributed by atoms with van der Waals surface area (Å²) in [7, 11) is 1.72. The smallest absolute Gasteiger partial charge is 0.254 e. The van der Waals surface area contributed by atoms with Crippen molar-refractivity contribution in [2.24, 2.45) is 0 Å². The molecule has 2 unspecified atom stereocenters. The molecule has 0 aliphatic carbocycles. The highest BCUT2D eigenvalue weighted by atomic mass is 35.5. The zero-order valence-corrected chi connectivity index (χ0v) is 13.3. The van der Waals surface area contributed by atoms with Gasteiger partial charge in [0.1, 0.15) is 6.61 Å². The van der Waals surface area contributed by atoms with Gasteiger partial charge in [0.05, 0.1) is 6.04 Å². The molecule has 2 aliphatic rings. The van der Waals surface area contributed by atoms with Gasteiger partial charge in [0.2, 0.25) is 5.91 Å². The third kappa shape index (κ3) is 2.83. The van der Waals surface area contributed by atoms with Crippen LogP contribution in [0.15, 0.2) is 24.3 Å². The van der Waals surface area contributed by atoms with Crippen molar-refractivity contribution in [2.45, 2.75) is 25.0 Å². The van der Waals surface area contributed by atoms with Crippen LogP contribution in [0.25, 0.3) is 0 Å². The van der Waals surface area contributed by atoms with Crippen molar-refractivity contribution in [3.63, 3.8) is 0 Å². The summed E-state index contributed by atoms with van der Waals surface area (Å²) in [5, 5.41) is 0.622. The minimum absolute atomic E-state index is 0.0307. The SMILES string of the molecule is CN1C(=O)COC(C(=O)N2CCCC2)C1c1ccc(Cl)cc1. The van der Waals surface area contributed by atoms with Crippen molar-refractivity contribution in [1.29, 1.82) is 0 Å². The maximum Gasteiger partial charge on any atom is 0.254 e. The number of carbonyl (C=O) groups excluding carboxylic acids is 2. The van der Waals surface area contributed by atoms with E-state index in [1.807, 2.05) is 17.0 Å². The fraction of sp³-hybridized carbons (Fsp3) is 0.500. The van der Waals surface area contributed by atoms with E-state index >= 15 is 0 Å². The monoisotopic (exact) mass is 322 g/mol. The summed E-state index contributed by atoms with van der Waals surface area (Å²) in [5.74, 6) is -0.151. The Bertz CT molecular complexity index is 569. The van der Waals surface area contributed by atoms with Gasteiger partial charge in [0.15, 0.2) is 6.10 Å².